The monoisotopic (exact) mass is 290 g/mol. The van der Waals surface area contributed by atoms with Crippen molar-refractivity contribution in [2.75, 3.05) is 17.7 Å². The quantitative estimate of drug-likeness (QED) is 0.787. The van der Waals surface area contributed by atoms with Crippen LogP contribution in [-0.4, -0.2) is 18.6 Å². The molecular weight excluding hydrogens is 264 g/mol. The lowest BCUT2D eigenvalue weighted by Gasteiger charge is -2.30. The van der Waals surface area contributed by atoms with E-state index in [-0.39, 0.29) is 5.91 Å². The highest BCUT2D eigenvalue weighted by molar-refractivity contribution is 5.90. The fourth-order valence-electron chi connectivity index (χ4n) is 2.95. The minimum atomic E-state index is -0.0105. The molecule has 0 bridgehead atoms. The Morgan fingerprint density at radius 3 is 2.71 bits per heavy atom. The van der Waals surface area contributed by atoms with Gasteiger partial charge in [-0.2, -0.15) is 0 Å². The summed E-state index contributed by atoms with van der Waals surface area (Å²) in [7, 11) is 0. The van der Waals surface area contributed by atoms with Crippen molar-refractivity contribution in [2.24, 2.45) is 5.92 Å². The Balaban J connectivity index is 1.70. The molecule has 2 atom stereocenters. The van der Waals surface area contributed by atoms with E-state index in [2.05, 4.69) is 12.2 Å². The molecule has 0 spiro atoms. The molecule has 2 rings (SSSR count). The lowest BCUT2D eigenvalue weighted by Crippen LogP contribution is -2.28. The van der Waals surface area contributed by atoms with Gasteiger partial charge in [0.1, 0.15) is 0 Å². The van der Waals surface area contributed by atoms with Crippen LogP contribution in [0.15, 0.2) is 24.3 Å². The Labute approximate surface area is 127 Å². The molecule has 1 aromatic carbocycles. The van der Waals surface area contributed by atoms with E-state index < -0.39 is 0 Å². The van der Waals surface area contributed by atoms with Crippen LogP contribution in [0.2, 0.25) is 0 Å². The number of nitrogen functional groups attached to an aromatic ring is 1. The van der Waals surface area contributed by atoms with E-state index in [1.54, 1.807) is 12.1 Å². The van der Waals surface area contributed by atoms with E-state index in [1.807, 2.05) is 12.1 Å². The maximum absolute atomic E-state index is 11.9. The Morgan fingerprint density at radius 1 is 1.29 bits per heavy atom. The number of carbonyl (C=O) groups is 1. The van der Waals surface area contributed by atoms with Crippen molar-refractivity contribution in [2.45, 2.75) is 51.6 Å². The van der Waals surface area contributed by atoms with Gasteiger partial charge in [0.05, 0.1) is 19.1 Å². The third-order valence-corrected chi connectivity index (χ3v) is 4.22. The zero-order valence-electron chi connectivity index (χ0n) is 12.8. The summed E-state index contributed by atoms with van der Waals surface area (Å²) in [6.07, 6.45) is 6.87. The first-order chi connectivity index (χ1) is 10.2. The molecule has 0 heterocycles. The first-order valence-corrected chi connectivity index (χ1v) is 7.96. The summed E-state index contributed by atoms with van der Waals surface area (Å²) in [4.78, 5) is 11.9. The van der Waals surface area contributed by atoms with Gasteiger partial charge in [0, 0.05) is 11.4 Å². The van der Waals surface area contributed by atoms with Crippen molar-refractivity contribution < 1.29 is 9.53 Å². The second-order valence-electron chi connectivity index (χ2n) is 5.78. The van der Waals surface area contributed by atoms with E-state index in [4.69, 9.17) is 10.5 Å². The van der Waals surface area contributed by atoms with Crippen LogP contribution in [0, 0.1) is 5.92 Å². The minimum absolute atomic E-state index is 0.0105. The molecular formula is C17H26N2O2. The van der Waals surface area contributed by atoms with Gasteiger partial charge in [-0.15, -0.1) is 0 Å². The van der Waals surface area contributed by atoms with Crippen LogP contribution in [0.25, 0.3) is 0 Å². The molecule has 4 heteroatoms. The largest absolute Gasteiger partial charge is 0.399 e. The number of anilines is 2. The number of benzene rings is 1. The fourth-order valence-corrected chi connectivity index (χ4v) is 2.95. The van der Waals surface area contributed by atoms with Crippen molar-refractivity contribution in [1.82, 2.24) is 0 Å². The molecule has 0 aliphatic heterocycles. The number of nitrogens with one attached hydrogen (secondary N) is 1. The van der Waals surface area contributed by atoms with Crippen molar-refractivity contribution in [3.8, 4) is 0 Å². The first kappa shape index (κ1) is 15.8. The van der Waals surface area contributed by atoms with Crippen molar-refractivity contribution in [3.63, 3.8) is 0 Å². The van der Waals surface area contributed by atoms with E-state index >= 15 is 0 Å². The predicted octanol–water partition coefficient (Wildman–Crippen LogP) is 3.58. The van der Waals surface area contributed by atoms with Crippen LogP contribution in [0.3, 0.4) is 0 Å². The zero-order valence-corrected chi connectivity index (χ0v) is 12.8. The molecule has 0 radical (unpaired) electrons. The number of hydrogen-bond donors (Lipinski definition) is 2. The van der Waals surface area contributed by atoms with Gasteiger partial charge in [0.2, 0.25) is 5.91 Å². The highest BCUT2D eigenvalue weighted by atomic mass is 16.5. The average molecular weight is 290 g/mol. The molecule has 3 N–H and O–H groups in total. The van der Waals surface area contributed by atoms with Crippen LogP contribution in [0.5, 0.6) is 0 Å². The van der Waals surface area contributed by atoms with E-state index in [0.717, 1.165) is 12.1 Å². The summed E-state index contributed by atoms with van der Waals surface area (Å²) in [5.41, 5.74) is 7.08. The van der Waals surface area contributed by atoms with Crippen LogP contribution in [0.1, 0.15) is 45.4 Å². The summed E-state index contributed by atoms with van der Waals surface area (Å²) in [6.45, 7) is 2.72. The Morgan fingerprint density at radius 2 is 2.00 bits per heavy atom. The topological polar surface area (TPSA) is 64.3 Å². The van der Waals surface area contributed by atoms with Gasteiger partial charge < -0.3 is 15.8 Å². The lowest BCUT2D eigenvalue weighted by atomic mass is 9.85. The van der Waals surface area contributed by atoms with Gasteiger partial charge in [-0.05, 0) is 43.0 Å². The van der Waals surface area contributed by atoms with E-state index in [1.165, 1.54) is 25.7 Å². The van der Waals surface area contributed by atoms with Crippen molar-refractivity contribution >= 4 is 17.3 Å². The van der Waals surface area contributed by atoms with Crippen LogP contribution in [-0.2, 0) is 9.53 Å². The molecule has 2 unspecified atom stereocenters. The molecule has 1 saturated carbocycles. The Bertz CT molecular complexity index is 445. The number of nitrogens with two attached hydrogens (primary N) is 1. The van der Waals surface area contributed by atoms with Gasteiger partial charge in [-0.1, -0.05) is 26.2 Å². The molecule has 1 aliphatic carbocycles. The number of hydrogen-bond acceptors (Lipinski definition) is 3. The van der Waals surface area contributed by atoms with E-state index in [0.29, 0.717) is 30.7 Å². The summed E-state index contributed by atoms with van der Waals surface area (Å²) in [5, 5.41) is 2.86. The lowest BCUT2D eigenvalue weighted by molar-refractivity contribution is -0.118. The smallest absolute Gasteiger partial charge is 0.226 e. The normalized spacial score (nSPS) is 22.0. The number of carbonyl (C=O) groups excluding carboxylic acids is 1. The standard InChI is InChI=1S/C17H26N2O2/c1-2-13-5-3-4-6-16(13)21-12-11-17(20)19-15-9-7-14(18)8-10-15/h7-10,13,16H,2-6,11-12,18H2,1H3,(H,19,20). The van der Waals surface area contributed by atoms with Gasteiger partial charge in [0.25, 0.3) is 0 Å². The highest BCUT2D eigenvalue weighted by Crippen LogP contribution is 2.29. The molecule has 0 aromatic heterocycles. The van der Waals surface area contributed by atoms with Crippen LogP contribution in [0.4, 0.5) is 11.4 Å². The summed E-state index contributed by atoms with van der Waals surface area (Å²) >= 11 is 0. The molecule has 1 fully saturated rings. The number of rotatable bonds is 6. The number of amides is 1. The second-order valence-corrected chi connectivity index (χ2v) is 5.78. The third-order valence-electron chi connectivity index (χ3n) is 4.22. The summed E-state index contributed by atoms with van der Waals surface area (Å²) in [5.74, 6) is 0.655. The molecule has 4 nitrogen and oxygen atoms in total. The van der Waals surface area contributed by atoms with Gasteiger partial charge >= 0.3 is 0 Å². The maximum atomic E-state index is 11.9. The Kier molecular flexibility index (Phi) is 6.05. The third kappa shape index (κ3) is 5.05. The van der Waals surface area contributed by atoms with Crippen molar-refractivity contribution in [1.29, 1.82) is 0 Å². The zero-order chi connectivity index (χ0) is 15.1. The van der Waals surface area contributed by atoms with Gasteiger partial charge in [-0.3, -0.25) is 4.79 Å². The van der Waals surface area contributed by atoms with Gasteiger partial charge in [0.15, 0.2) is 0 Å². The second kappa shape index (κ2) is 8.03. The van der Waals surface area contributed by atoms with Crippen LogP contribution >= 0.6 is 0 Å². The van der Waals surface area contributed by atoms with Crippen molar-refractivity contribution in [3.05, 3.63) is 24.3 Å². The summed E-state index contributed by atoms with van der Waals surface area (Å²) < 4.78 is 5.93. The highest BCUT2D eigenvalue weighted by Gasteiger charge is 2.24. The fraction of sp³-hybridized carbons (Fsp3) is 0.588. The van der Waals surface area contributed by atoms with Crippen LogP contribution < -0.4 is 11.1 Å². The molecule has 21 heavy (non-hydrogen) atoms. The van der Waals surface area contributed by atoms with E-state index in [9.17, 15) is 4.79 Å². The molecule has 1 amide bonds. The SMILES string of the molecule is CCC1CCCCC1OCCC(=O)Nc1ccc(N)cc1. The molecule has 1 aromatic rings. The molecule has 0 saturated heterocycles. The predicted molar refractivity (Wildman–Crippen MR) is 86.1 cm³/mol. The minimum Gasteiger partial charge on any atom is -0.399 e. The van der Waals surface area contributed by atoms with Gasteiger partial charge in [-0.25, -0.2) is 0 Å². The summed E-state index contributed by atoms with van der Waals surface area (Å²) in [6, 6.07) is 7.17. The number of ether oxygens (including phenoxy) is 1. The Hall–Kier alpha value is -1.55. The average Bonchev–Trinajstić information content (AvgIpc) is 2.50. The molecule has 116 valence electrons. The maximum Gasteiger partial charge on any atom is 0.226 e. The molecule has 1 aliphatic rings. The first-order valence-electron chi connectivity index (χ1n) is 7.96.